The summed E-state index contributed by atoms with van der Waals surface area (Å²) in [6.07, 6.45) is 19.4. The van der Waals surface area contributed by atoms with Crippen molar-refractivity contribution < 1.29 is 0 Å². The Morgan fingerprint density at radius 1 is 0.960 bits per heavy atom. The largest absolute Gasteiger partial charge is 0.0888 e. The van der Waals surface area contributed by atoms with Gasteiger partial charge in [0.05, 0.1) is 0 Å². The van der Waals surface area contributed by atoms with E-state index >= 15 is 0 Å². The molecule has 0 aliphatic rings. The van der Waals surface area contributed by atoms with Gasteiger partial charge in [-0.3, -0.25) is 0 Å². The fourth-order valence-corrected chi connectivity index (χ4v) is 3.19. The third-order valence-corrected chi connectivity index (χ3v) is 5.82. The van der Waals surface area contributed by atoms with Crippen LogP contribution in [-0.4, -0.2) is 0 Å². The summed E-state index contributed by atoms with van der Waals surface area (Å²) in [6, 6.07) is 0. The van der Waals surface area contributed by atoms with E-state index in [0.29, 0.717) is 11.3 Å². The molecule has 2 unspecified atom stereocenters. The van der Waals surface area contributed by atoms with Gasteiger partial charge in [-0.2, -0.15) is 0 Å². The first-order chi connectivity index (χ1) is 11.8. The second-order valence-corrected chi connectivity index (χ2v) is 8.75. The first-order valence-corrected chi connectivity index (χ1v) is 10.8. The molecule has 0 bridgehead atoms. The van der Waals surface area contributed by atoms with Gasteiger partial charge < -0.3 is 0 Å². The minimum Gasteiger partial charge on any atom is -0.0888 e. The predicted molar refractivity (Wildman–Crippen MR) is 117 cm³/mol. The van der Waals surface area contributed by atoms with Gasteiger partial charge in [-0.15, -0.1) is 0 Å². The molecule has 146 valence electrons. The molecule has 25 heavy (non-hydrogen) atoms. The third kappa shape index (κ3) is 11.4. The Labute approximate surface area is 159 Å². The van der Waals surface area contributed by atoms with Crippen molar-refractivity contribution in [2.45, 2.75) is 107 Å². The highest BCUT2D eigenvalue weighted by molar-refractivity contribution is 5.25. The van der Waals surface area contributed by atoms with Gasteiger partial charge in [-0.25, -0.2) is 0 Å². The molecule has 0 spiro atoms. The van der Waals surface area contributed by atoms with Gasteiger partial charge >= 0.3 is 0 Å². The number of allylic oxidation sites excluding steroid dienone is 6. The number of hydrogen-bond donors (Lipinski definition) is 0. The maximum atomic E-state index is 2.40. The van der Waals surface area contributed by atoms with Gasteiger partial charge in [0.15, 0.2) is 0 Å². The third-order valence-electron chi connectivity index (χ3n) is 5.82. The zero-order chi connectivity index (χ0) is 19.3. The smallest absolute Gasteiger partial charge is 0.0229 e. The van der Waals surface area contributed by atoms with E-state index in [1.54, 1.807) is 5.57 Å². The van der Waals surface area contributed by atoms with Crippen LogP contribution in [-0.2, 0) is 0 Å². The van der Waals surface area contributed by atoms with Gasteiger partial charge in [0.25, 0.3) is 0 Å². The average Bonchev–Trinajstić information content (AvgIpc) is 2.58. The lowest BCUT2D eigenvalue weighted by Crippen LogP contribution is -2.10. The molecule has 2 atom stereocenters. The molecule has 0 fully saturated rings. The second kappa shape index (κ2) is 13.4. The Morgan fingerprint density at radius 2 is 1.60 bits per heavy atom. The van der Waals surface area contributed by atoms with Crippen molar-refractivity contribution in [1.82, 2.24) is 0 Å². The summed E-state index contributed by atoms with van der Waals surface area (Å²) in [5.41, 5.74) is 3.69. The van der Waals surface area contributed by atoms with Crippen LogP contribution in [0.4, 0.5) is 0 Å². The van der Waals surface area contributed by atoms with Gasteiger partial charge in [0, 0.05) is 0 Å². The summed E-state index contributed by atoms with van der Waals surface area (Å²) < 4.78 is 0. The molecule has 0 aromatic heterocycles. The fourth-order valence-electron chi connectivity index (χ4n) is 3.19. The highest BCUT2D eigenvalue weighted by Crippen LogP contribution is 2.31. The summed E-state index contributed by atoms with van der Waals surface area (Å²) >= 11 is 0. The summed E-state index contributed by atoms with van der Waals surface area (Å²) in [6.45, 7) is 18.7. The molecule has 0 saturated carbocycles. The van der Waals surface area contributed by atoms with Crippen LogP contribution in [0.15, 0.2) is 35.5 Å². The van der Waals surface area contributed by atoms with Crippen LogP contribution >= 0.6 is 0 Å². The zero-order valence-electron chi connectivity index (χ0n) is 18.6. The van der Waals surface area contributed by atoms with Crippen molar-refractivity contribution in [2.75, 3.05) is 0 Å². The standard InChI is InChI=1S/C25H46/c1-9-12-13-16-21(4)17-14-18-23(6)24(22(5)10-2)19-15-20-25(7,8)11-3/h12-14,18,21-22H,9-11,15-17,19-20H2,1-8H3. The van der Waals surface area contributed by atoms with Crippen molar-refractivity contribution >= 4 is 0 Å². The van der Waals surface area contributed by atoms with Crippen LogP contribution in [0.2, 0.25) is 0 Å². The minimum absolute atomic E-state index is 0.492. The van der Waals surface area contributed by atoms with Crippen molar-refractivity contribution in [1.29, 1.82) is 0 Å². The molecule has 0 aromatic carbocycles. The van der Waals surface area contributed by atoms with Crippen molar-refractivity contribution in [2.24, 2.45) is 17.3 Å². The Balaban J connectivity index is 4.74. The van der Waals surface area contributed by atoms with E-state index < -0.39 is 0 Å². The summed E-state index contributed by atoms with van der Waals surface area (Å²) in [7, 11) is 0. The van der Waals surface area contributed by atoms with Gasteiger partial charge in [0.1, 0.15) is 0 Å². The molecule has 0 amide bonds. The Kier molecular flexibility index (Phi) is 13.0. The van der Waals surface area contributed by atoms with Gasteiger partial charge in [-0.1, -0.05) is 90.3 Å². The van der Waals surface area contributed by atoms with E-state index in [9.17, 15) is 0 Å². The SMILES string of the molecule is CCC=CCC(C)CC=CC(C)=C(CCCC(C)(C)CC)C(C)CC. The minimum atomic E-state index is 0.492. The van der Waals surface area contributed by atoms with E-state index in [4.69, 9.17) is 0 Å². The van der Waals surface area contributed by atoms with Crippen LogP contribution < -0.4 is 0 Å². The second-order valence-electron chi connectivity index (χ2n) is 8.75. The number of hydrogen-bond acceptors (Lipinski definition) is 0. The molecule has 0 radical (unpaired) electrons. The van der Waals surface area contributed by atoms with E-state index in [1.165, 1.54) is 50.5 Å². The lowest BCUT2D eigenvalue weighted by Gasteiger charge is -2.24. The molecule has 0 rings (SSSR count). The van der Waals surface area contributed by atoms with E-state index in [2.05, 4.69) is 79.7 Å². The van der Waals surface area contributed by atoms with E-state index in [-0.39, 0.29) is 0 Å². The molecular formula is C25H46. The van der Waals surface area contributed by atoms with Crippen LogP contribution in [0.3, 0.4) is 0 Å². The van der Waals surface area contributed by atoms with Crippen LogP contribution in [0, 0.1) is 17.3 Å². The van der Waals surface area contributed by atoms with E-state index in [0.717, 1.165) is 12.3 Å². The topological polar surface area (TPSA) is 0 Å². The van der Waals surface area contributed by atoms with Crippen molar-refractivity contribution in [3.8, 4) is 0 Å². The monoisotopic (exact) mass is 346 g/mol. The highest BCUT2D eigenvalue weighted by atomic mass is 14.2. The predicted octanol–water partition coefficient (Wildman–Crippen LogP) is 8.89. The van der Waals surface area contributed by atoms with Crippen LogP contribution in [0.5, 0.6) is 0 Å². The quantitative estimate of drug-likeness (QED) is 0.231. The first-order valence-electron chi connectivity index (χ1n) is 10.8. The summed E-state index contributed by atoms with van der Waals surface area (Å²) in [5.74, 6) is 1.45. The van der Waals surface area contributed by atoms with Crippen LogP contribution in [0.1, 0.15) is 107 Å². The molecule has 0 N–H and O–H groups in total. The molecule has 0 heterocycles. The Bertz CT molecular complexity index is 419. The average molecular weight is 347 g/mol. The Morgan fingerprint density at radius 3 is 2.16 bits per heavy atom. The molecule has 0 saturated heterocycles. The van der Waals surface area contributed by atoms with Gasteiger partial charge in [0.2, 0.25) is 0 Å². The summed E-state index contributed by atoms with van der Waals surface area (Å²) in [4.78, 5) is 0. The molecular weight excluding hydrogens is 300 g/mol. The number of rotatable bonds is 13. The van der Waals surface area contributed by atoms with E-state index in [1.807, 2.05) is 0 Å². The van der Waals surface area contributed by atoms with Crippen molar-refractivity contribution in [3.63, 3.8) is 0 Å². The van der Waals surface area contributed by atoms with Gasteiger partial charge in [-0.05, 0) is 69.1 Å². The molecule has 0 aliphatic heterocycles. The lowest BCUT2D eigenvalue weighted by molar-refractivity contribution is 0.311. The normalized spacial score (nSPS) is 16.5. The molecule has 0 aliphatic carbocycles. The fraction of sp³-hybridized carbons (Fsp3) is 0.760. The van der Waals surface area contributed by atoms with Crippen LogP contribution in [0.25, 0.3) is 0 Å². The molecule has 0 aromatic rings. The maximum absolute atomic E-state index is 2.40. The summed E-state index contributed by atoms with van der Waals surface area (Å²) in [5, 5.41) is 0. The van der Waals surface area contributed by atoms with Crippen molar-refractivity contribution in [3.05, 3.63) is 35.5 Å². The Hall–Kier alpha value is -0.780. The highest BCUT2D eigenvalue weighted by Gasteiger charge is 2.16. The first kappa shape index (κ1) is 24.2. The zero-order valence-corrected chi connectivity index (χ0v) is 18.6. The lowest BCUT2D eigenvalue weighted by atomic mass is 9.82. The molecule has 0 nitrogen and oxygen atoms in total. The maximum Gasteiger partial charge on any atom is -0.0229 e. The molecule has 0 heteroatoms.